The number of ketones is 1. The highest BCUT2D eigenvalue weighted by atomic mass is 35.5. The summed E-state index contributed by atoms with van der Waals surface area (Å²) < 4.78 is 28.5. The summed E-state index contributed by atoms with van der Waals surface area (Å²) >= 11 is 5.80. The first-order valence-electron chi connectivity index (χ1n) is 5.41. The topological polar surface area (TPSA) is 26.3 Å². The molecule has 2 aromatic rings. The van der Waals surface area contributed by atoms with E-state index in [4.69, 9.17) is 11.6 Å². The van der Waals surface area contributed by atoms with Crippen LogP contribution in [0.5, 0.6) is 5.75 Å². The molecule has 2 rings (SSSR count). The van der Waals surface area contributed by atoms with Gasteiger partial charge in [0.2, 0.25) is 0 Å². The summed E-state index contributed by atoms with van der Waals surface area (Å²) in [6.07, 6.45) is 0. The van der Waals surface area contributed by atoms with Gasteiger partial charge in [0.05, 0.1) is 0 Å². The molecule has 5 heteroatoms. The molecule has 0 atom stereocenters. The van der Waals surface area contributed by atoms with E-state index in [9.17, 15) is 13.6 Å². The lowest BCUT2D eigenvalue weighted by atomic mass is 10.0. The fourth-order valence-electron chi connectivity index (χ4n) is 1.61. The van der Waals surface area contributed by atoms with Gasteiger partial charge in [-0.2, -0.15) is 8.78 Å². The maximum absolute atomic E-state index is 12.1. The van der Waals surface area contributed by atoms with E-state index in [0.717, 1.165) is 0 Å². The summed E-state index contributed by atoms with van der Waals surface area (Å²) in [5.74, 6) is -0.356. The molecule has 0 spiro atoms. The number of ether oxygens (including phenoxy) is 1. The Balaban J connectivity index is 2.29. The number of benzene rings is 2. The molecule has 2 nitrogen and oxygen atoms in total. The lowest BCUT2D eigenvalue weighted by molar-refractivity contribution is -0.0498. The molecule has 0 saturated carbocycles. The van der Waals surface area contributed by atoms with Gasteiger partial charge >= 0.3 is 6.61 Å². The Labute approximate surface area is 113 Å². The molecule has 0 aliphatic heterocycles. The average Bonchev–Trinajstić information content (AvgIpc) is 2.37. The van der Waals surface area contributed by atoms with Crippen LogP contribution in [0.4, 0.5) is 8.78 Å². The van der Waals surface area contributed by atoms with Gasteiger partial charge in [0.15, 0.2) is 5.78 Å². The van der Waals surface area contributed by atoms with Crippen LogP contribution in [0, 0.1) is 0 Å². The van der Waals surface area contributed by atoms with E-state index in [1.54, 1.807) is 18.2 Å². The Morgan fingerprint density at radius 3 is 2.32 bits per heavy atom. The molecule has 0 radical (unpaired) electrons. The summed E-state index contributed by atoms with van der Waals surface area (Å²) in [6, 6.07) is 12.1. The molecule has 0 N–H and O–H groups in total. The van der Waals surface area contributed by atoms with E-state index < -0.39 is 6.61 Å². The molecule has 0 heterocycles. The second kappa shape index (κ2) is 5.80. The van der Waals surface area contributed by atoms with Crippen LogP contribution in [0.1, 0.15) is 15.9 Å². The van der Waals surface area contributed by atoms with Crippen molar-refractivity contribution in [2.45, 2.75) is 6.61 Å². The van der Waals surface area contributed by atoms with E-state index in [1.165, 1.54) is 30.3 Å². The highest BCUT2D eigenvalue weighted by Gasteiger charge is 2.11. The molecule has 0 fully saturated rings. The number of carbonyl (C=O) groups excluding carboxylic acids is 1. The minimum Gasteiger partial charge on any atom is -0.435 e. The maximum atomic E-state index is 12.1. The van der Waals surface area contributed by atoms with Crippen LogP contribution < -0.4 is 4.74 Å². The van der Waals surface area contributed by atoms with Gasteiger partial charge in [-0.1, -0.05) is 35.9 Å². The van der Waals surface area contributed by atoms with E-state index in [0.29, 0.717) is 10.6 Å². The second-order valence-corrected chi connectivity index (χ2v) is 4.18. The van der Waals surface area contributed by atoms with Crippen LogP contribution in [-0.2, 0) is 0 Å². The third-order valence-corrected chi connectivity index (χ3v) is 2.64. The zero-order valence-corrected chi connectivity index (χ0v) is 10.4. The van der Waals surface area contributed by atoms with Crippen LogP contribution in [-0.4, -0.2) is 12.4 Å². The molecule has 0 saturated heterocycles. The van der Waals surface area contributed by atoms with Gasteiger partial charge in [0.25, 0.3) is 0 Å². The molecule has 98 valence electrons. The number of hydrogen-bond donors (Lipinski definition) is 0. The van der Waals surface area contributed by atoms with Crippen LogP contribution in [0.2, 0.25) is 5.02 Å². The predicted octanol–water partition coefficient (Wildman–Crippen LogP) is 4.17. The zero-order valence-electron chi connectivity index (χ0n) is 9.65. The standard InChI is InChI=1S/C14H9ClF2O2/c15-11-5-1-3-9(7-11)13(18)10-4-2-6-12(8-10)19-14(16)17/h1-8,14H. The van der Waals surface area contributed by atoms with Crippen LogP contribution in [0.15, 0.2) is 48.5 Å². The largest absolute Gasteiger partial charge is 0.435 e. The molecule has 2 aromatic carbocycles. The number of alkyl halides is 2. The third kappa shape index (κ3) is 3.51. The Kier molecular flexibility index (Phi) is 4.12. The van der Waals surface area contributed by atoms with E-state index in [1.807, 2.05) is 0 Å². The molecule has 0 amide bonds. The van der Waals surface area contributed by atoms with Gasteiger partial charge in [-0.15, -0.1) is 0 Å². The minimum absolute atomic E-state index is 0.0529. The normalized spacial score (nSPS) is 10.5. The van der Waals surface area contributed by atoms with Crippen molar-refractivity contribution < 1.29 is 18.3 Å². The van der Waals surface area contributed by atoms with Crippen molar-refractivity contribution in [2.24, 2.45) is 0 Å². The molecule has 0 aromatic heterocycles. The number of halogens is 3. The first-order chi connectivity index (χ1) is 9.06. The van der Waals surface area contributed by atoms with E-state index >= 15 is 0 Å². The summed E-state index contributed by atoms with van der Waals surface area (Å²) in [6.45, 7) is -2.92. The Hall–Kier alpha value is -1.94. The predicted molar refractivity (Wildman–Crippen MR) is 68.0 cm³/mol. The SMILES string of the molecule is O=C(c1cccc(Cl)c1)c1cccc(OC(F)F)c1. The Morgan fingerprint density at radius 2 is 1.68 bits per heavy atom. The van der Waals surface area contributed by atoms with Crippen molar-refractivity contribution in [3.63, 3.8) is 0 Å². The maximum Gasteiger partial charge on any atom is 0.387 e. The first-order valence-corrected chi connectivity index (χ1v) is 5.79. The van der Waals surface area contributed by atoms with Crippen molar-refractivity contribution in [1.29, 1.82) is 0 Å². The van der Waals surface area contributed by atoms with Gasteiger partial charge < -0.3 is 4.74 Å². The number of rotatable bonds is 4. The van der Waals surface area contributed by atoms with Crippen molar-refractivity contribution in [2.75, 3.05) is 0 Å². The number of carbonyl (C=O) groups is 1. The van der Waals surface area contributed by atoms with Crippen molar-refractivity contribution in [3.05, 3.63) is 64.7 Å². The van der Waals surface area contributed by atoms with Crippen LogP contribution in [0.25, 0.3) is 0 Å². The summed E-state index contributed by atoms with van der Waals surface area (Å²) in [5, 5.41) is 0.436. The van der Waals surface area contributed by atoms with Crippen molar-refractivity contribution >= 4 is 17.4 Å². The Morgan fingerprint density at radius 1 is 1.05 bits per heavy atom. The van der Waals surface area contributed by atoms with E-state index in [2.05, 4.69) is 4.74 Å². The highest BCUT2D eigenvalue weighted by Crippen LogP contribution is 2.20. The lowest BCUT2D eigenvalue weighted by Crippen LogP contribution is -2.05. The molecule has 0 unspecified atom stereocenters. The van der Waals surface area contributed by atoms with Gasteiger partial charge in [0, 0.05) is 16.1 Å². The summed E-state index contributed by atoms with van der Waals surface area (Å²) in [7, 11) is 0. The lowest BCUT2D eigenvalue weighted by Gasteiger charge is -2.06. The second-order valence-electron chi connectivity index (χ2n) is 3.75. The van der Waals surface area contributed by atoms with Crippen LogP contribution in [0.3, 0.4) is 0 Å². The minimum atomic E-state index is -2.92. The monoisotopic (exact) mass is 282 g/mol. The molecule has 0 bridgehead atoms. The average molecular weight is 283 g/mol. The molecular weight excluding hydrogens is 274 g/mol. The molecule has 19 heavy (non-hydrogen) atoms. The highest BCUT2D eigenvalue weighted by molar-refractivity contribution is 6.31. The quantitative estimate of drug-likeness (QED) is 0.787. The first kappa shape index (κ1) is 13.5. The zero-order chi connectivity index (χ0) is 13.8. The molecule has 0 aliphatic carbocycles. The smallest absolute Gasteiger partial charge is 0.387 e. The summed E-state index contributed by atoms with van der Waals surface area (Å²) in [4.78, 5) is 12.1. The van der Waals surface area contributed by atoms with Crippen LogP contribution >= 0.6 is 11.6 Å². The van der Waals surface area contributed by atoms with Gasteiger partial charge in [-0.3, -0.25) is 4.79 Å². The van der Waals surface area contributed by atoms with Gasteiger partial charge in [0.1, 0.15) is 5.75 Å². The van der Waals surface area contributed by atoms with Gasteiger partial charge in [-0.25, -0.2) is 0 Å². The number of hydrogen-bond acceptors (Lipinski definition) is 2. The Bertz CT molecular complexity index is 600. The van der Waals surface area contributed by atoms with Crippen molar-refractivity contribution in [3.8, 4) is 5.75 Å². The molecule has 0 aliphatic rings. The third-order valence-electron chi connectivity index (χ3n) is 2.41. The fourth-order valence-corrected chi connectivity index (χ4v) is 1.80. The van der Waals surface area contributed by atoms with E-state index in [-0.39, 0.29) is 17.1 Å². The fraction of sp³-hybridized carbons (Fsp3) is 0.0714. The van der Waals surface area contributed by atoms with Gasteiger partial charge in [-0.05, 0) is 24.3 Å². The summed E-state index contributed by atoms with van der Waals surface area (Å²) in [5.41, 5.74) is 0.655. The molecular formula is C14H9ClF2O2. The van der Waals surface area contributed by atoms with Crippen molar-refractivity contribution in [1.82, 2.24) is 0 Å².